The molecule has 2 rings (SSSR count). The minimum Gasteiger partial charge on any atom is -0.380 e. The van der Waals surface area contributed by atoms with Crippen LogP contribution in [0.5, 0.6) is 0 Å². The summed E-state index contributed by atoms with van der Waals surface area (Å²) < 4.78 is 5.46. The molecule has 3 nitrogen and oxygen atoms in total. The number of hydrogen-bond donors (Lipinski definition) is 0. The number of likely N-dealkylation sites (N-methyl/N-ethyl adjacent to an activating group) is 1. The van der Waals surface area contributed by atoms with Gasteiger partial charge in [-0.3, -0.25) is 9.80 Å². The molecule has 2 unspecified atom stereocenters. The summed E-state index contributed by atoms with van der Waals surface area (Å²) in [6.45, 7) is 8.98. The van der Waals surface area contributed by atoms with Gasteiger partial charge in [0, 0.05) is 37.8 Å². The highest BCUT2D eigenvalue weighted by Gasteiger charge is 2.31. The Morgan fingerprint density at radius 1 is 1.27 bits per heavy atom. The first kappa shape index (κ1) is 11.4. The molecule has 0 aromatic carbocycles. The molecule has 0 radical (unpaired) electrons. The Hall–Kier alpha value is -0.120. The molecule has 2 aliphatic heterocycles. The van der Waals surface area contributed by atoms with Crippen molar-refractivity contribution in [1.29, 1.82) is 0 Å². The van der Waals surface area contributed by atoms with Gasteiger partial charge in [-0.1, -0.05) is 0 Å². The van der Waals surface area contributed by atoms with Crippen molar-refractivity contribution in [2.24, 2.45) is 0 Å². The molecule has 0 saturated carbocycles. The largest absolute Gasteiger partial charge is 0.380 e. The molecule has 88 valence electrons. The average molecular weight is 212 g/mol. The van der Waals surface area contributed by atoms with Crippen LogP contribution in [0, 0.1) is 0 Å². The van der Waals surface area contributed by atoms with Crippen LogP contribution in [-0.4, -0.2) is 61.3 Å². The highest BCUT2D eigenvalue weighted by atomic mass is 16.5. The van der Waals surface area contributed by atoms with E-state index in [4.69, 9.17) is 4.74 Å². The van der Waals surface area contributed by atoms with Crippen LogP contribution in [0.3, 0.4) is 0 Å². The maximum Gasteiger partial charge on any atom is 0.0622 e. The molecule has 15 heavy (non-hydrogen) atoms. The van der Waals surface area contributed by atoms with Gasteiger partial charge in [-0.25, -0.2) is 0 Å². The van der Waals surface area contributed by atoms with E-state index in [9.17, 15) is 0 Å². The van der Waals surface area contributed by atoms with E-state index in [2.05, 4.69) is 30.7 Å². The van der Waals surface area contributed by atoms with Gasteiger partial charge in [-0.15, -0.1) is 0 Å². The molecule has 2 fully saturated rings. The lowest BCUT2D eigenvalue weighted by atomic mass is 10.1. The summed E-state index contributed by atoms with van der Waals surface area (Å²) in [5, 5.41) is 0. The van der Waals surface area contributed by atoms with Crippen LogP contribution in [0.2, 0.25) is 0 Å². The lowest BCUT2D eigenvalue weighted by molar-refractivity contribution is 0.130. The summed E-state index contributed by atoms with van der Waals surface area (Å²) in [5.41, 5.74) is 0. The van der Waals surface area contributed by atoms with Crippen molar-refractivity contribution in [1.82, 2.24) is 9.80 Å². The van der Waals surface area contributed by atoms with Gasteiger partial charge in [0.1, 0.15) is 0 Å². The second kappa shape index (κ2) is 4.81. The number of nitrogens with zero attached hydrogens (tertiary/aromatic N) is 2. The molecular formula is C12H24N2O. The molecule has 0 aromatic heterocycles. The number of hydrogen-bond acceptors (Lipinski definition) is 3. The van der Waals surface area contributed by atoms with Gasteiger partial charge in [0.2, 0.25) is 0 Å². The number of likely N-dealkylation sites (tertiary alicyclic amines) is 1. The van der Waals surface area contributed by atoms with Crippen molar-refractivity contribution in [3.63, 3.8) is 0 Å². The molecule has 0 aliphatic carbocycles. The van der Waals surface area contributed by atoms with Crippen LogP contribution in [0.1, 0.15) is 26.7 Å². The molecule has 2 atom stereocenters. The van der Waals surface area contributed by atoms with Crippen LogP contribution in [0.25, 0.3) is 0 Å². The minimum absolute atomic E-state index is 0.669. The molecule has 2 heterocycles. The molecule has 0 amide bonds. The Morgan fingerprint density at radius 2 is 2.07 bits per heavy atom. The SMILES string of the molecule is CC(C)N1CCC(N(C)C2CCOC2)C1. The van der Waals surface area contributed by atoms with Gasteiger partial charge >= 0.3 is 0 Å². The topological polar surface area (TPSA) is 15.7 Å². The van der Waals surface area contributed by atoms with E-state index in [1.54, 1.807) is 0 Å². The monoisotopic (exact) mass is 212 g/mol. The fourth-order valence-corrected chi connectivity index (χ4v) is 2.71. The summed E-state index contributed by atoms with van der Waals surface area (Å²) in [5.74, 6) is 0. The summed E-state index contributed by atoms with van der Waals surface area (Å²) in [7, 11) is 2.27. The molecule has 0 bridgehead atoms. The third-order valence-corrected chi connectivity index (χ3v) is 3.98. The van der Waals surface area contributed by atoms with E-state index in [1.165, 1.54) is 25.9 Å². The van der Waals surface area contributed by atoms with E-state index in [0.29, 0.717) is 12.1 Å². The standard InChI is InChI=1S/C12H24N2O/c1-10(2)14-6-4-11(8-14)13(3)12-5-7-15-9-12/h10-12H,4-9H2,1-3H3. The first-order valence-electron chi connectivity index (χ1n) is 6.22. The van der Waals surface area contributed by atoms with Gasteiger partial charge in [-0.2, -0.15) is 0 Å². The highest BCUT2D eigenvalue weighted by Crippen LogP contribution is 2.21. The summed E-state index contributed by atoms with van der Waals surface area (Å²) in [6.07, 6.45) is 2.54. The quantitative estimate of drug-likeness (QED) is 0.699. The molecule has 0 spiro atoms. The summed E-state index contributed by atoms with van der Waals surface area (Å²) in [4.78, 5) is 5.13. The Bertz CT molecular complexity index is 202. The van der Waals surface area contributed by atoms with Gasteiger partial charge in [-0.05, 0) is 33.7 Å². The molecule has 0 N–H and O–H groups in total. The van der Waals surface area contributed by atoms with E-state index in [1.807, 2.05) is 0 Å². The first-order valence-corrected chi connectivity index (χ1v) is 6.22. The lowest BCUT2D eigenvalue weighted by Crippen LogP contribution is -2.42. The predicted molar refractivity (Wildman–Crippen MR) is 62.1 cm³/mol. The maximum atomic E-state index is 5.46. The van der Waals surface area contributed by atoms with Crippen molar-refractivity contribution in [2.75, 3.05) is 33.4 Å². The van der Waals surface area contributed by atoms with Gasteiger partial charge in [0.05, 0.1) is 6.61 Å². The maximum absolute atomic E-state index is 5.46. The van der Waals surface area contributed by atoms with Crippen molar-refractivity contribution >= 4 is 0 Å². The Balaban J connectivity index is 1.84. The fraction of sp³-hybridized carbons (Fsp3) is 1.00. The third kappa shape index (κ3) is 2.52. The van der Waals surface area contributed by atoms with Crippen LogP contribution in [0.15, 0.2) is 0 Å². The van der Waals surface area contributed by atoms with E-state index in [0.717, 1.165) is 19.3 Å². The van der Waals surface area contributed by atoms with Gasteiger partial charge < -0.3 is 4.74 Å². The Morgan fingerprint density at radius 3 is 2.60 bits per heavy atom. The fourth-order valence-electron chi connectivity index (χ4n) is 2.71. The van der Waals surface area contributed by atoms with Crippen molar-refractivity contribution in [2.45, 2.75) is 44.8 Å². The highest BCUT2D eigenvalue weighted by molar-refractivity contribution is 4.87. The molecule has 2 aliphatic rings. The normalized spacial score (nSPS) is 33.4. The average Bonchev–Trinajstić information content (AvgIpc) is 2.88. The molecule has 3 heteroatoms. The smallest absolute Gasteiger partial charge is 0.0622 e. The molecule has 0 aromatic rings. The lowest BCUT2D eigenvalue weighted by Gasteiger charge is -2.30. The number of ether oxygens (including phenoxy) is 1. The van der Waals surface area contributed by atoms with Crippen LogP contribution in [0.4, 0.5) is 0 Å². The Labute approximate surface area is 93.4 Å². The van der Waals surface area contributed by atoms with Crippen LogP contribution in [-0.2, 0) is 4.74 Å². The van der Waals surface area contributed by atoms with E-state index < -0.39 is 0 Å². The molecular weight excluding hydrogens is 188 g/mol. The molecule has 2 saturated heterocycles. The second-order valence-corrected chi connectivity index (χ2v) is 5.21. The van der Waals surface area contributed by atoms with E-state index in [-0.39, 0.29) is 0 Å². The summed E-state index contributed by atoms with van der Waals surface area (Å²) in [6, 6.07) is 2.12. The van der Waals surface area contributed by atoms with Crippen molar-refractivity contribution in [3.8, 4) is 0 Å². The van der Waals surface area contributed by atoms with Crippen molar-refractivity contribution < 1.29 is 4.74 Å². The Kier molecular flexibility index (Phi) is 3.65. The zero-order valence-corrected chi connectivity index (χ0v) is 10.3. The zero-order chi connectivity index (χ0) is 10.8. The van der Waals surface area contributed by atoms with Crippen molar-refractivity contribution in [3.05, 3.63) is 0 Å². The first-order chi connectivity index (χ1) is 7.18. The number of rotatable bonds is 3. The van der Waals surface area contributed by atoms with E-state index >= 15 is 0 Å². The second-order valence-electron chi connectivity index (χ2n) is 5.21. The third-order valence-electron chi connectivity index (χ3n) is 3.98. The summed E-state index contributed by atoms with van der Waals surface area (Å²) >= 11 is 0. The van der Waals surface area contributed by atoms with Gasteiger partial charge in [0.15, 0.2) is 0 Å². The minimum atomic E-state index is 0.669. The zero-order valence-electron chi connectivity index (χ0n) is 10.3. The van der Waals surface area contributed by atoms with Crippen LogP contribution >= 0.6 is 0 Å². The van der Waals surface area contributed by atoms with Crippen LogP contribution < -0.4 is 0 Å². The predicted octanol–water partition coefficient (Wildman–Crippen LogP) is 1.19. The van der Waals surface area contributed by atoms with Gasteiger partial charge in [0.25, 0.3) is 0 Å².